The number of aromatic nitrogens is 1. The Morgan fingerprint density at radius 1 is 1.47 bits per heavy atom. The molecule has 19 heavy (non-hydrogen) atoms. The van der Waals surface area contributed by atoms with E-state index in [9.17, 15) is 9.90 Å². The van der Waals surface area contributed by atoms with E-state index >= 15 is 0 Å². The number of carbonyl (C=O) groups is 1. The topological polar surface area (TPSA) is 62.2 Å². The van der Waals surface area contributed by atoms with Crippen molar-refractivity contribution in [3.05, 3.63) is 23.2 Å². The highest BCUT2D eigenvalue weighted by Gasteiger charge is 2.24. The summed E-state index contributed by atoms with van der Waals surface area (Å²) >= 11 is 1.57. The van der Waals surface area contributed by atoms with Crippen molar-refractivity contribution in [2.75, 3.05) is 6.54 Å². The molecule has 2 N–H and O–H groups in total. The maximum Gasteiger partial charge on any atom is 0.223 e. The van der Waals surface area contributed by atoms with Crippen molar-refractivity contribution in [1.82, 2.24) is 10.3 Å². The summed E-state index contributed by atoms with van der Waals surface area (Å²) in [6, 6.07) is 5.19. The number of carbonyl (C=O) groups excluding carboxylic acids is 1. The predicted molar refractivity (Wildman–Crippen MR) is 75.3 cm³/mol. The van der Waals surface area contributed by atoms with E-state index in [1.54, 1.807) is 23.5 Å². The highest BCUT2D eigenvalue weighted by atomic mass is 32.1. The van der Waals surface area contributed by atoms with Crippen LogP contribution in [0.5, 0.6) is 5.75 Å². The summed E-state index contributed by atoms with van der Waals surface area (Å²) in [5.74, 6) is 0.693. The average molecular weight is 276 g/mol. The molecule has 0 saturated heterocycles. The van der Waals surface area contributed by atoms with Crippen LogP contribution in [0.15, 0.2) is 18.2 Å². The van der Waals surface area contributed by atoms with Crippen molar-refractivity contribution in [2.24, 2.45) is 5.92 Å². The van der Waals surface area contributed by atoms with Crippen molar-refractivity contribution in [1.29, 1.82) is 0 Å². The maximum absolute atomic E-state index is 11.7. The molecule has 0 aliphatic heterocycles. The van der Waals surface area contributed by atoms with Gasteiger partial charge in [0.15, 0.2) is 0 Å². The van der Waals surface area contributed by atoms with Crippen LogP contribution in [0.4, 0.5) is 0 Å². The molecule has 1 aromatic heterocycles. The van der Waals surface area contributed by atoms with Gasteiger partial charge in [0.1, 0.15) is 5.75 Å². The lowest BCUT2D eigenvalue weighted by Crippen LogP contribution is -2.35. The molecule has 100 valence electrons. The average Bonchev–Trinajstić information content (AvgIpc) is 2.68. The molecule has 1 amide bonds. The lowest BCUT2D eigenvalue weighted by atomic mass is 9.85. The second-order valence-electron chi connectivity index (χ2n) is 4.93. The third kappa shape index (κ3) is 2.71. The number of aromatic hydroxyl groups is 1. The third-order valence-electron chi connectivity index (χ3n) is 3.53. The minimum Gasteiger partial charge on any atom is -0.508 e. The van der Waals surface area contributed by atoms with Gasteiger partial charge >= 0.3 is 0 Å². The molecule has 2 aromatic rings. The summed E-state index contributed by atoms with van der Waals surface area (Å²) < 4.78 is 0.986. The largest absolute Gasteiger partial charge is 0.508 e. The van der Waals surface area contributed by atoms with Crippen molar-refractivity contribution >= 4 is 27.5 Å². The minimum absolute atomic E-state index is 0.185. The van der Waals surface area contributed by atoms with Crippen LogP contribution in [-0.2, 0) is 11.2 Å². The van der Waals surface area contributed by atoms with Crippen LogP contribution in [0.1, 0.15) is 24.3 Å². The monoisotopic (exact) mass is 276 g/mol. The number of benzene rings is 1. The van der Waals surface area contributed by atoms with E-state index in [1.807, 2.05) is 6.07 Å². The van der Waals surface area contributed by atoms with Crippen molar-refractivity contribution in [3.8, 4) is 5.75 Å². The van der Waals surface area contributed by atoms with Crippen LogP contribution in [0.2, 0.25) is 0 Å². The number of hydrogen-bond acceptors (Lipinski definition) is 4. The van der Waals surface area contributed by atoms with Gasteiger partial charge in [0, 0.05) is 18.9 Å². The van der Waals surface area contributed by atoms with Crippen LogP contribution < -0.4 is 5.32 Å². The Kier molecular flexibility index (Phi) is 3.38. The Bertz CT molecular complexity index is 605. The molecule has 1 aliphatic rings. The quantitative estimate of drug-likeness (QED) is 0.901. The molecule has 1 aromatic carbocycles. The Morgan fingerprint density at radius 3 is 3.05 bits per heavy atom. The van der Waals surface area contributed by atoms with Crippen LogP contribution >= 0.6 is 11.3 Å². The first-order chi connectivity index (χ1) is 9.22. The normalized spacial score (nSPS) is 15.4. The van der Waals surface area contributed by atoms with Gasteiger partial charge in [0.25, 0.3) is 0 Å². The molecule has 0 atom stereocenters. The number of amides is 1. The van der Waals surface area contributed by atoms with E-state index in [2.05, 4.69) is 10.3 Å². The zero-order valence-corrected chi connectivity index (χ0v) is 11.4. The van der Waals surface area contributed by atoms with Gasteiger partial charge in [-0.1, -0.05) is 6.42 Å². The second kappa shape index (κ2) is 5.17. The first-order valence-electron chi connectivity index (χ1n) is 6.58. The highest BCUT2D eigenvalue weighted by Crippen LogP contribution is 2.27. The van der Waals surface area contributed by atoms with Gasteiger partial charge in [0.2, 0.25) is 5.91 Å². The van der Waals surface area contributed by atoms with E-state index in [0.29, 0.717) is 6.54 Å². The van der Waals surface area contributed by atoms with E-state index < -0.39 is 0 Å². The van der Waals surface area contributed by atoms with Crippen LogP contribution in [0, 0.1) is 5.92 Å². The summed E-state index contributed by atoms with van der Waals surface area (Å²) in [5, 5.41) is 13.4. The summed E-state index contributed by atoms with van der Waals surface area (Å²) in [6.45, 7) is 0.640. The molecule has 1 aliphatic carbocycles. The fourth-order valence-electron chi connectivity index (χ4n) is 2.18. The van der Waals surface area contributed by atoms with Crippen molar-refractivity contribution in [3.63, 3.8) is 0 Å². The molecule has 0 unspecified atom stereocenters. The van der Waals surface area contributed by atoms with Crippen molar-refractivity contribution < 1.29 is 9.90 Å². The number of phenols is 1. The van der Waals surface area contributed by atoms with E-state index in [1.165, 1.54) is 6.42 Å². The standard InChI is InChI=1S/C14H16N2O2S/c17-10-4-5-11-12(8-10)19-13(16-11)6-7-15-14(18)9-2-1-3-9/h4-5,8-9,17H,1-3,6-7H2,(H,15,18). The SMILES string of the molecule is O=C(NCCc1nc2ccc(O)cc2s1)C1CCC1. The summed E-state index contributed by atoms with van der Waals surface area (Å²) in [7, 11) is 0. The van der Waals surface area contributed by atoms with Gasteiger partial charge in [-0.15, -0.1) is 11.3 Å². The van der Waals surface area contributed by atoms with Gasteiger partial charge in [-0.25, -0.2) is 4.98 Å². The number of fused-ring (bicyclic) bond motifs is 1. The highest BCUT2D eigenvalue weighted by molar-refractivity contribution is 7.18. The van der Waals surface area contributed by atoms with Crippen LogP contribution in [0.25, 0.3) is 10.2 Å². The van der Waals surface area contributed by atoms with E-state index in [0.717, 1.165) is 34.5 Å². The molecule has 1 saturated carbocycles. The summed E-state index contributed by atoms with van der Waals surface area (Å²) in [6.07, 6.45) is 4.00. The number of rotatable bonds is 4. The minimum atomic E-state index is 0.185. The van der Waals surface area contributed by atoms with Gasteiger partial charge in [0.05, 0.1) is 15.2 Å². The Hall–Kier alpha value is -1.62. The first-order valence-corrected chi connectivity index (χ1v) is 7.40. The number of hydrogen-bond donors (Lipinski definition) is 2. The van der Waals surface area contributed by atoms with Crippen LogP contribution in [0.3, 0.4) is 0 Å². The summed E-state index contributed by atoms with van der Waals surface area (Å²) in [5.41, 5.74) is 0.906. The number of nitrogens with one attached hydrogen (secondary N) is 1. The van der Waals surface area contributed by atoms with Crippen molar-refractivity contribution in [2.45, 2.75) is 25.7 Å². The molecule has 5 heteroatoms. The van der Waals surface area contributed by atoms with Gasteiger partial charge in [-0.2, -0.15) is 0 Å². The first kappa shape index (κ1) is 12.4. The lowest BCUT2D eigenvalue weighted by molar-refractivity contribution is -0.127. The number of nitrogens with zero attached hydrogens (tertiary/aromatic N) is 1. The lowest BCUT2D eigenvalue weighted by Gasteiger charge is -2.23. The molecular weight excluding hydrogens is 260 g/mol. The number of phenolic OH excluding ortho intramolecular Hbond substituents is 1. The molecule has 0 spiro atoms. The van der Waals surface area contributed by atoms with Gasteiger partial charge in [-0.3, -0.25) is 4.79 Å². The molecule has 3 rings (SSSR count). The van der Waals surface area contributed by atoms with Gasteiger partial charge in [-0.05, 0) is 31.0 Å². The Morgan fingerprint density at radius 2 is 2.32 bits per heavy atom. The molecule has 0 radical (unpaired) electrons. The fraction of sp³-hybridized carbons (Fsp3) is 0.429. The maximum atomic E-state index is 11.7. The zero-order valence-electron chi connectivity index (χ0n) is 10.6. The molecule has 0 bridgehead atoms. The molecule has 4 nitrogen and oxygen atoms in total. The summed E-state index contributed by atoms with van der Waals surface area (Å²) in [4.78, 5) is 16.2. The van der Waals surface area contributed by atoms with E-state index in [-0.39, 0.29) is 17.6 Å². The molecule has 1 heterocycles. The fourth-order valence-corrected chi connectivity index (χ4v) is 3.18. The van der Waals surface area contributed by atoms with E-state index in [4.69, 9.17) is 0 Å². The third-order valence-corrected chi connectivity index (χ3v) is 4.61. The van der Waals surface area contributed by atoms with Gasteiger partial charge < -0.3 is 10.4 Å². The predicted octanol–water partition coefficient (Wildman–Crippen LogP) is 2.46. The smallest absolute Gasteiger partial charge is 0.223 e. The Labute approximate surface area is 115 Å². The Balaban J connectivity index is 1.57. The van der Waals surface area contributed by atoms with Crippen LogP contribution in [-0.4, -0.2) is 22.5 Å². The molecule has 1 fully saturated rings. The second-order valence-corrected chi connectivity index (χ2v) is 6.04. The number of thiazole rings is 1. The zero-order chi connectivity index (χ0) is 13.2. The molecular formula is C14H16N2O2S.